The van der Waals surface area contributed by atoms with Crippen LogP contribution in [-0.4, -0.2) is 15.9 Å². The van der Waals surface area contributed by atoms with Gasteiger partial charge in [-0.05, 0) is 30.7 Å². The largest absolute Gasteiger partial charge is 0.311 e. The minimum absolute atomic E-state index is 0.162. The van der Waals surface area contributed by atoms with Crippen LogP contribution >= 0.6 is 11.6 Å². The molecule has 0 aliphatic heterocycles. The zero-order valence-corrected chi connectivity index (χ0v) is 9.67. The summed E-state index contributed by atoms with van der Waals surface area (Å²) < 4.78 is 0. The number of carbonyl (C=O) groups is 1. The zero-order chi connectivity index (χ0) is 11.7. The Morgan fingerprint density at radius 3 is 2.81 bits per heavy atom. The van der Waals surface area contributed by atoms with Crippen molar-refractivity contribution in [1.82, 2.24) is 9.97 Å². The van der Waals surface area contributed by atoms with Crippen LogP contribution in [0.5, 0.6) is 0 Å². The first-order chi connectivity index (χ1) is 7.56. The Morgan fingerprint density at radius 2 is 2.12 bits per heavy atom. The van der Waals surface area contributed by atoms with Crippen molar-refractivity contribution >= 4 is 34.4 Å². The Morgan fingerprint density at radius 1 is 1.38 bits per heavy atom. The van der Waals surface area contributed by atoms with Crippen molar-refractivity contribution in [3.63, 3.8) is 0 Å². The van der Waals surface area contributed by atoms with Crippen molar-refractivity contribution < 1.29 is 4.79 Å². The van der Waals surface area contributed by atoms with E-state index in [1.807, 2.05) is 19.1 Å². The predicted octanol–water partition coefficient (Wildman–Crippen LogP) is 2.55. The maximum atomic E-state index is 10.9. The molecule has 16 heavy (non-hydrogen) atoms. The topological polar surface area (TPSA) is 54.9 Å². The van der Waals surface area contributed by atoms with Gasteiger partial charge in [-0.25, -0.2) is 9.97 Å². The molecule has 0 atom stereocenters. The maximum absolute atomic E-state index is 10.9. The number of rotatable bonds is 1. The second kappa shape index (κ2) is 4.06. The van der Waals surface area contributed by atoms with E-state index in [1.165, 1.54) is 6.92 Å². The number of anilines is 1. The molecule has 0 unspecified atom stereocenters. The molecule has 5 heteroatoms. The molecule has 0 saturated heterocycles. The molecule has 2 aromatic heterocycles. The second-order valence-corrected chi connectivity index (χ2v) is 3.88. The van der Waals surface area contributed by atoms with Gasteiger partial charge in [-0.2, -0.15) is 0 Å². The van der Waals surface area contributed by atoms with E-state index in [9.17, 15) is 4.79 Å². The Kier molecular flexibility index (Phi) is 2.75. The summed E-state index contributed by atoms with van der Waals surface area (Å²) in [4.78, 5) is 19.2. The molecular weight excluding hydrogens is 226 g/mol. The molecule has 2 heterocycles. The van der Waals surface area contributed by atoms with Crippen molar-refractivity contribution in [1.29, 1.82) is 0 Å². The van der Waals surface area contributed by atoms with Crippen LogP contribution in [0.4, 0.5) is 5.82 Å². The number of aryl methyl sites for hydroxylation is 1. The van der Waals surface area contributed by atoms with Gasteiger partial charge < -0.3 is 5.32 Å². The van der Waals surface area contributed by atoms with E-state index in [4.69, 9.17) is 11.6 Å². The lowest BCUT2D eigenvalue weighted by Crippen LogP contribution is -2.07. The van der Waals surface area contributed by atoms with Crippen LogP contribution in [0.2, 0.25) is 5.15 Å². The average molecular weight is 236 g/mol. The van der Waals surface area contributed by atoms with Gasteiger partial charge in [-0.15, -0.1) is 0 Å². The Balaban J connectivity index is 2.53. The molecule has 0 spiro atoms. The fourth-order valence-corrected chi connectivity index (χ4v) is 1.52. The zero-order valence-electron chi connectivity index (χ0n) is 8.91. The second-order valence-electron chi connectivity index (χ2n) is 3.52. The van der Waals surface area contributed by atoms with E-state index < -0.39 is 0 Å². The molecule has 4 nitrogen and oxygen atoms in total. The smallest absolute Gasteiger partial charge is 0.222 e. The Labute approximate surface area is 97.7 Å². The molecule has 0 aromatic carbocycles. The number of halogens is 1. The maximum Gasteiger partial charge on any atom is 0.222 e. The normalized spacial score (nSPS) is 10.4. The highest BCUT2D eigenvalue weighted by Gasteiger charge is 2.04. The van der Waals surface area contributed by atoms with Crippen molar-refractivity contribution in [3.8, 4) is 0 Å². The van der Waals surface area contributed by atoms with Gasteiger partial charge >= 0.3 is 0 Å². The van der Waals surface area contributed by atoms with Crippen LogP contribution in [0.1, 0.15) is 12.5 Å². The molecule has 2 rings (SSSR count). The monoisotopic (exact) mass is 235 g/mol. The number of carbonyl (C=O) groups excluding carboxylic acids is 1. The van der Waals surface area contributed by atoms with E-state index in [2.05, 4.69) is 15.3 Å². The van der Waals surface area contributed by atoms with Crippen LogP contribution in [0.15, 0.2) is 18.2 Å². The van der Waals surface area contributed by atoms with Crippen molar-refractivity contribution in [2.45, 2.75) is 13.8 Å². The third-order valence-corrected chi connectivity index (χ3v) is 2.49. The van der Waals surface area contributed by atoms with E-state index in [-0.39, 0.29) is 5.91 Å². The SMILES string of the molecule is CC(=O)Nc1ccc2cc(C)c(Cl)nc2n1. The summed E-state index contributed by atoms with van der Waals surface area (Å²) in [6.07, 6.45) is 0. The van der Waals surface area contributed by atoms with Crippen molar-refractivity contribution in [2.24, 2.45) is 0 Å². The van der Waals surface area contributed by atoms with E-state index >= 15 is 0 Å². The molecule has 82 valence electrons. The minimum atomic E-state index is -0.162. The molecule has 0 saturated carbocycles. The highest BCUT2D eigenvalue weighted by atomic mass is 35.5. The molecule has 1 amide bonds. The van der Waals surface area contributed by atoms with Gasteiger partial charge in [0.25, 0.3) is 0 Å². The first-order valence-electron chi connectivity index (χ1n) is 4.78. The van der Waals surface area contributed by atoms with Gasteiger partial charge in [0, 0.05) is 12.3 Å². The summed E-state index contributed by atoms with van der Waals surface area (Å²) in [6.45, 7) is 3.32. The summed E-state index contributed by atoms with van der Waals surface area (Å²) in [7, 11) is 0. The van der Waals surface area contributed by atoms with Gasteiger partial charge in [0.2, 0.25) is 5.91 Å². The third kappa shape index (κ3) is 2.12. The van der Waals surface area contributed by atoms with E-state index in [0.29, 0.717) is 16.6 Å². The van der Waals surface area contributed by atoms with Crippen LogP contribution < -0.4 is 5.32 Å². The Hall–Kier alpha value is -1.68. The number of hydrogen-bond acceptors (Lipinski definition) is 3. The molecule has 1 N–H and O–H groups in total. The number of amides is 1. The quantitative estimate of drug-likeness (QED) is 0.773. The van der Waals surface area contributed by atoms with Crippen molar-refractivity contribution in [3.05, 3.63) is 28.9 Å². The van der Waals surface area contributed by atoms with E-state index in [0.717, 1.165) is 10.9 Å². The van der Waals surface area contributed by atoms with Crippen LogP contribution in [0.25, 0.3) is 11.0 Å². The molecule has 0 fully saturated rings. The van der Waals surface area contributed by atoms with E-state index in [1.54, 1.807) is 6.07 Å². The third-order valence-electron chi connectivity index (χ3n) is 2.11. The van der Waals surface area contributed by atoms with Gasteiger partial charge in [0.05, 0.1) is 0 Å². The van der Waals surface area contributed by atoms with Crippen LogP contribution in [0.3, 0.4) is 0 Å². The number of pyridine rings is 2. The summed E-state index contributed by atoms with van der Waals surface area (Å²) in [5, 5.41) is 3.93. The molecule has 0 bridgehead atoms. The van der Waals surface area contributed by atoms with Gasteiger partial charge in [0.1, 0.15) is 11.0 Å². The number of hydrogen-bond donors (Lipinski definition) is 1. The first kappa shape index (κ1) is 10.8. The summed E-state index contributed by atoms with van der Waals surface area (Å²) in [6, 6.07) is 5.50. The lowest BCUT2D eigenvalue weighted by molar-refractivity contribution is -0.114. The molecule has 0 radical (unpaired) electrons. The fraction of sp³-hybridized carbons (Fsp3) is 0.182. The van der Waals surface area contributed by atoms with Crippen molar-refractivity contribution in [2.75, 3.05) is 5.32 Å². The summed E-state index contributed by atoms with van der Waals surface area (Å²) in [5.74, 6) is 0.317. The highest BCUT2D eigenvalue weighted by Crippen LogP contribution is 2.19. The van der Waals surface area contributed by atoms with Gasteiger partial charge in [0.15, 0.2) is 5.65 Å². The molecule has 2 aromatic rings. The predicted molar refractivity (Wildman–Crippen MR) is 63.6 cm³/mol. The molecule has 0 aliphatic carbocycles. The molecular formula is C11H10ClN3O. The lowest BCUT2D eigenvalue weighted by Gasteiger charge is -2.04. The highest BCUT2D eigenvalue weighted by molar-refractivity contribution is 6.30. The molecule has 0 aliphatic rings. The van der Waals surface area contributed by atoms with Crippen LogP contribution in [0, 0.1) is 6.92 Å². The summed E-state index contributed by atoms with van der Waals surface area (Å²) >= 11 is 5.91. The van der Waals surface area contributed by atoms with Gasteiger partial charge in [-0.3, -0.25) is 4.79 Å². The number of nitrogens with one attached hydrogen (secondary N) is 1. The number of nitrogens with zero attached hydrogens (tertiary/aromatic N) is 2. The fourth-order valence-electron chi connectivity index (χ4n) is 1.39. The Bertz CT molecular complexity index is 568. The van der Waals surface area contributed by atoms with Gasteiger partial charge in [-0.1, -0.05) is 11.6 Å². The van der Waals surface area contributed by atoms with Crippen LogP contribution in [-0.2, 0) is 4.79 Å². The number of aromatic nitrogens is 2. The lowest BCUT2D eigenvalue weighted by atomic mass is 10.2. The number of fused-ring (bicyclic) bond motifs is 1. The minimum Gasteiger partial charge on any atom is -0.311 e. The average Bonchev–Trinajstić information content (AvgIpc) is 2.19. The summed E-state index contributed by atoms with van der Waals surface area (Å²) in [5.41, 5.74) is 1.44. The first-order valence-corrected chi connectivity index (χ1v) is 5.15. The standard InChI is InChI=1S/C11H10ClN3O/c1-6-5-8-3-4-9(13-7(2)16)14-11(8)15-10(6)12/h3-5H,1-2H3,(H,13,14,15,16).